The Balaban J connectivity index is 0.00000141. The van der Waals surface area contributed by atoms with Crippen LogP contribution in [0.3, 0.4) is 0 Å². The smallest absolute Gasteiger partial charge is 0.290 e. The molecule has 2 heterocycles. The van der Waals surface area contributed by atoms with Gasteiger partial charge in [-0.2, -0.15) is 0 Å². The maximum absolute atomic E-state index is 14.5. The van der Waals surface area contributed by atoms with Gasteiger partial charge >= 0.3 is 0 Å². The second-order valence-electron chi connectivity index (χ2n) is 10.8. The van der Waals surface area contributed by atoms with Crippen molar-refractivity contribution in [3.05, 3.63) is 89.0 Å². The number of carbonyl (C=O) groups is 3. The van der Waals surface area contributed by atoms with Crippen LogP contribution in [-0.4, -0.2) is 50.8 Å². The lowest BCUT2D eigenvalue weighted by Gasteiger charge is -2.38. The highest BCUT2D eigenvalue weighted by atomic mass is 35.5. The number of hydrogen-bond donors (Lipinski definition) is 4. The number of halogens is 2. The normalized spacial score (nSPS) is 19.6. The first-order chi connectivity index (χ1) is 21.2. The van der Waals surface area contributed by atoms with Gasteiger partial charge in [0.05, 0.1) is 16.9 Å². The minimum absolute atomic E-state index is 0.0324. The lowest BCUT2D eigenvalue weighted by molar-refractivity contribution is -0.139. The van der Waals surface area contributed by atoms with Crippen LogP contribution < -0.4 is 21.9 Å². The summed E-state index contributed by atoms with van der Waals surface area (Å²) in [7, 11) is 0. The van der Waals surface area contributed by atoms with Gasteiger partial charge < -0.3 is 21.1 Å². The van der Waals surface area contributed by atoms with Gasteiger partial charge in [0, 0.05) is 30.5 Å². The van der Waals surface area contributed by atoms with E-state index in [1.807, 2.05) is 18.2 Å². The molecule has 1 unspecified atom stereocenters. The fourth-order valence-corrected chi connectivity index (χ4v) is 5.87. The first kappa shape index (κ1) is 32.4. The Morgan fingerprint density at radius 2 is 1.80 bits per heavy atom. The van der Waals surface area contributed by atoms with Crippen molar-refractivity contribution in [3.63, 3.8) is 0 Å². The van der Waals surface area contributed by atoms with Crippen molar-refractivity contribution in [2.75, 3.05) is 11.6 Å². The Kier molecular flexibility index (Phi) is 10.9. The molecule has 1 aliphatic carbocycles. The first-order valence-electron chi connectivity index (χ1n) is 14.2. The molecule has 2 aliphatic rings. The van der Waals surface area contributed by atoms with Crippen LogP contribution in [0.15, 0.2) is 67.0 Å². The van der Waals surface area contributed by atoms with Crippen LogP contribution in [0, 0.1) is 11.7 Å². The van der Waals surface area contributed by atoms with E-state index in [1.165, 1.54) is 29.4 Å². The van der Waals surface area contributed by atoms with E-state index in [-0.39, 0.29) is 41.4 Å². The van der Waals surface area contributed by atoms with Gasteiger partial charge in [-0.3, -0.25) is 19.4 Å². The number of amides is 2. The Morgan fingerprint density at radius 3 is 2.48 bits per heavy atom. The van der Waals surface area contributed by atoms with Gasteiger partial charge in [-0.05, 0) is 66.8 Å². The third-order valence-electron chi connectivity index (χ3n) is 7.90. The van der Waals surface area contributed by atoms with E-state index in [1.54, 1.807) is 12.4 Å². The number of nitrogens with zero attached hydrogens (tertiary/aromatic N) is 4. The first-order valence-corrected chi connectivity index (χ1v) is 14.6. The van der Waals surface area contributed by atoms with Gasteiger partial charge in [0.25, 0.3) is 12.4 Å². The van der Waals surface area contributed by atoms with E-state index in [4.69, 9.17) is 33.1 Å². The molecule has 1 aliphatic heterocycles. The summed E-state index contributed by atoms with van der Waals surface area (Å²) < 4.78 is 14.5. The highest BCUT2D eigenvalue weighted by Gasteiger charge is 2.38. The zero-order valence-corrected chi connectivity index (χ0v) is 25.0. The molecule has 1 atom stereocenters. The molecular weight excluding hydrogens is 589 g/mol. The van der Waals surface area contributed by atoms with Crippen LogP contribution in [0.2, 0.25) is 5.02 Å². The molecule has 1 saturated carbocycles. The van der Waals surface area contributed by atoms with Gasteiger partial charge in [-0.1, -0.05) is 42.8 Å². The number of hydrazine groups is 1. The summed E-state index contributed by atoms with van der Waals surface area (Å²) in [5.74, 6) is 5.08. The average molecular weight is 624 g/mol. The van der Waals surface area contributed by atoms with Crippen LogP contribution in [0.5, 0.6) is 0 Å². The van der Waals surface area contributed by atoms with Crippen LogP contribution in [0.4, 0.5) is 10.1 Å². The Morgan fingerprint density at radius 1 is 1.14 bits per heavy atom. The summed E-state index contributed by atoms with van der Waals surface area (Å²) >= 11 is 5.89. The second-order valence-corrected chi connectivity index (χ2v) is 11.2. The maximum Gasteiger partial charge on any atom is 0.290 e. The topological polar surface area (TPSA) is 168 Å². The number of rotatable bonds is 6. The van der Waals surface area contributed by atoms with Gasteiger partial charge in [0.2, 0.25) is 5.91 Å². The number of fused-ring (bicyclic) bond motifs is 1. The monoisotopic (exact) mass is 623 g/mol. The number of nitrogens with one attached hydrogen (secondary N) is 1. The molecule has 2 amide bonds. The molecule has 5 rings (SSSR count). The van der Waals surface area contributed by atoms with Gasteiger partial charge in [0.1, 0.15) is 18.1 Å². The van der Waals surface area contributed by atoms with Crippen LogP contribution in [0.25, 0.3) is 11.1 Å². The van der Waals surface area contributed by atoms with E-state index >= 15 is 0 Å². The summed E-state index contributed by atoms with van der Waals surface area (Å²) in [4.78, 5) is 45.8. The van der Waals surface area contributed by atoms with Crippen molar-refractivity contribution in [1.82, 2.24) is 20.2 Å². The minimum Gasteiger partial charge on any atom is -0.483 e. The highest BCUT2D eigenvalue weighted by molar-refractivity contribution is 6.31. The number of carboxylic acid groups (broad SMARTS) is 1. The quantitative estimate of drug-likeness (QED) is 0.138. The van der Waals surface area contributed by atoms with E-state index in [2.05, 4.69) is 22.2 Å². The number of hydrogen-bond acceptors (Lipinski definition) is 8. The fraction of sp³-hybridized carbons (Fsp3) is 0.323. The van der Waals surface area contributed by atoms with Gasteiger partial charge in [-0.15, -0.1) is 0 Å². The molecule has 1 fully saturated rings. The molecule has 3 aromatic rings. The maximum atomic E-state index is 14.5. The molecule has 13 heteroatoms. The van der Waals surface area contributed by atoms with E-state index in [0.29, 0.717) is 17.9 Å². The van der Waals surface area contributed by atoms with Crippen LogP contribution in [0.1, 0.15) is 49.8 Å². The number of aromatic nitrogens is 2. The zero-order valence-electron chi connectivity index (χ0n) is 24.2. The molecule has 0 spiro atoms. The fourth-order valence-electron chi connectivity index (χ4n) is 5.70. The van der Waals surface area contributed by atoms with E-state index < -0.39 is 17.8 Å². The Hall–Kier alpha value is -4.55. The van der Waals surface area contributed by atoms with Crippen molar-refractivity contribution in [1.29, 1.82) is 0 Å². The summed E-state index contributed by atoms with van der Waals surface area (Å²) in [6.45, 7) is 2.21. The summed E-state index contributed by atoms with van der Waals surface area (Å²) in [6, 6.07) is 9.15. The minimum atomic E-state index is -0.920. The van der Waals surface area contributed by atoms with Crippen LogP contribution in [-0.2, 0) is 20.8 Å². The molecule has 0 bridgehead atoms. The third-order valence-corrected chi connectivity index (χ3v) is 8.19. The molecule has 6 N–H and O–H groups in total. The van der Waals surface area contributed by atoms with Crippen LogP contribution >= 0.6 is 11.6 Å². The number of carbonyl (C=O) groups excluding carboxylic acids is 2. The van der Waals surface area contributed by atoms with Crippen molar-refractivity contribution in [2.45, 2.75) is 51.1 Å². The number of anilines is 1. The van der Waals surface area contributed by atoms with Crippen molar-refractivity contribution < 1.29 is 23.9 Å². The van der Waals surface area contributed by atoms with E-state index in [9.17, 15) is 14.0 Å². The average Bonchev–Trinajstić information content (AvgIpc) is 3.02. The summed E-state index contributed by atoms with van der Waals surface area (Å²) in [5.41, 5.74) is 9.33. The Bertz CT molecular complexity index is 1520. The SMILES string of the molecule is CC1CCC(NC(=O)C2c3cccc(-c4cncnc4)c3CCN2C(=O)/C(N)=C/N(N)c2cccc(Cl)c2F)CC1.O=CO. The van der Waals surface area contributed by atoms with Gasteiger partial charge in [0.15, 0.2) is 5.82 Å². The van der Waals surface area contributed by atoms with Crippen molar-refractivity contribution in [3.8, 4) is 11.1 Å². The number of benzene rings is 2. The summed E-state index contributed by atoms with van der Waals surface area (Å²) in [6.07, 6.45) is 10.4. The molecule has 44 heavy (non-hydrogen) atoms. The molecule has 0 radical (unpaired) electrons. The molecule has 1 aromatic heterocycles. The third kappa shape index (κ3) is 7.32. The summed E-state index contributed by atoms with van der Waals surface area (Å²) in [5, 5.41) is 10.9. The largest absolute Gasteiger partial charge is 0.483 e. The predicted molar refractivity (Wildman–Crippen MR) is 164 cm³/mol. The molecule has 232 valence electrons. The van der Waals surface area contributed by atoms with Crippen molar-refractivity contribution >= 4 is 35.6 Å². The second kappa shape index (κ2) is 14.8. The lowest BCUT2D eigenvalue weighted by Crippen LogP contribution is -2.51. The zero-order chi connectivity index (χ0) is 31.8. The van der Waals surface area contributed by atoms with E-state index in [0.717, 1.165) is 53.6 Å². The molecule has 2 aromatic carbocycles. The molecular formula is C31H35ClFN7O4. The lowest BCUT2D eigenvalue weighted by atomic mass is 9.85. The van der Waals surface area contributed by atoms with Gasteiger partial charge in [-0.25, -0.2) is 20.2 Å². The predicted octanol–water partition coefficient (Wildman–Crippen LogP) is 3.94. The highest BCUT2D eigenvalue weighted by Crippen LogP contribution is 2.37. The Labute approximate surface area is 259 Å². The standard InChI is InChI=1S/C30H33ClFN7O2.CH2O2/c1-18-8-10-20(11-9-18)37-29(40)28-23-5-2-4-21(19-14-35-17-36-15-19)22(23)12-13-38(28)30(41)25(33)16-39(34)26-7-3-6-24(31)27(26)32;2-1-3/h2-7,14-18,20,28H,8-13,33-34H2,1H3,(H,37,40);1H,(H,2,3)/b25-16-;. The molecule has 0 saturated heterocycles. The van der Waals surface area contributed by atoms with Crippen molar-refractivity contribution in [2.24, 2.45) is 17.5 Å². The number of nitrogens with two attached hydrogens (primary N) is 2. The molecule has 11 nitrogen and oxygen atoms in total.